The van der Waals surface area contributed by atoms with Crippen LogP contribution in [0.15, 0.2) is 54.7 Å². The van der Waals surface area contributed by atoms with Crippen molar-refractivity contribution in [3.05, 3.63) is 66.1 Å². The van der Waals surface area contributed by atoms with E-state index in [9.17, 15) is 5.11 Å². The minimum atomic E-state index is -0.515. The quantitative estimate of drug-likeness (QED) is 0.708. The third-order valence-electron chi connectivity index (χ3n) is 4.87. The van der Waals surface area contributed by atoms with E-state index in [2.05, 4.69) is 15.1 Å². The van der Waals surface area contributed by atoms with Gasteiger partial charge >= 0.3 is 0 Å². The Morgan fingerprint density at radius 3 is 2.85 bits per heavy atom. The minimum Gasteiger partial charge on any atom is -0.389 e. The van der Waals surface area contributed by atoms with Gasteiger partial charge < -0.3 is 9.84 Å². The van der Waals surface area contributed by atoms with E-state index in [0.29, 0.717) is 19.8 Å². The summed E-state index contributed by atoms with van der Waals surface area (Å²) in [6.07, 6.45) is 3.62. The molecule has 4 rings (SSSR count). The molecule has 0 spiro atoms. The minimum absolute atomic E-state index is 0.191. The Balaban J connectivity index is 1.35. The smallest absolute Gasteiger partial charge is 0.160 e. The highest BCUT2D eigenvalue weighted by Gasteiger charge is 2.31. The van der Waals surface area contributed by atoms with Crippen LogP contribution >= 0.6 is 0 Å². The van der Waals surface area contributed by atoms with Crippen molar-refractivity contribution >= 4 is 5.65 Å². The first-order valence-electron chi connectivity index (χ1n) is 9.15. The van der Waals surface area contributed by atoms with Gasteiger partial charge in [-0.2, -0.15) is 0 Å². The van der Waals surface area contributed by atoms with Crippen LogP contribution in [0.25, 0.3) is 5.65 Å². The molecule has 6 heteroatoms. The fourth-order valence-electron chi connectivity index (χ4n) is 3.63. The summed E-state index contributed by atoms with van der Waals surface area (Å²) >= 11 is 0. The van der Waals surface area contributed by atoms with E-state index in [1.165, 1.54) is 0 Å². The summed E-state index contributed by atoms with van der Waals surface area (Å²) in [6.45, 7) is 2.40. The van der Waals surface area contributed by atoms with Crippen molar-refractivity contribution in [2.45, 2.75) is 31.6 Å². The van der Waals surface area contributed by atoms with Crippen LogP contribution in [-0.2, 0) is 11.3 Å². The number of nitrogens with zero attached hydrogens (tertiary/aromatic N) is 4. The van der Waals surface area contributed by atoms with Crippen LogP contribution in [-0.4, -0.2) is 50.4 Å². The van der Waals surface area contributed by atoms with Crippen LogP contribution in [0.4, 0.5) is 0 Å². The maximum absolute atomic E-state index is 10.4. The molecule has 2 atom stereocenters. The molecule has 136 valence electrons. The second kappa shape index (κ2) is 7.95. The number of aliphatic hydroxyl groups is 1. The molecule has 6 nitrogen and oxygen atoms in total. The molecule has 2 aromatic heterocycles. The van der Waals surface area contributed by atoms with Crippen molar-refractivity contribution in [1.82, 2.24) is 19.5 Å². The van der Waals surface area contributed by atoms with Gasteiger partial charge in [0.05, 0.1) is 25.4 Å². The van der Waals surface area contributed by atoms with E-state index in [4.69, 9.17) is 4.74 Å². The number of hydrogen-bond acceptors (Lipinski definition) is 5. The first kappa shape index (κ1) is 17.1. The molecular formula is C20H24N4O2. The number of benzene rings is 1. The first-order valence-corrected chi connectivity index (χ1v) is 9.15. The molecule has 1 N–H and O–H groups in total. The van der Waals surface area contributed by atoms with Gasteiger partial charge in [-0.15, -0.1) is 10.2 Å². The van der Waals surface area contributed by atoms with Crippen molar-refractivity contribution in [1.29, 1.82) is 0 Å². The molecule has 0 bridgehead atoms. The molecule has 3 heterocycles. The lowest BCUT2D eigenvalue weighted by molar-refractivity contribution is 0.00716. The van der Waals surface area contributed by atoms with E-state index >= 15 is 0 Å². The van der Waals surface area contributed by atoms with Gasteiger partial charge in [0.25, 0.3) is 0 Å². The molecule has 1 fully saturated rings. The third kappa shape index (κ3) is 3.77. The lowest BCUT2D eigenvalue weighted by Crippen LogP contribution is -2.35. The normalized spacial score (nSPS) is 19.2. The second-order valence-corrected chi connectivity index (χ2v) is 6.79. The molecule has 1 aliphatic rings. The van der Waals surface area contributed by atoms with Gasteiger partial charge in [0.1, 0.15) is 0 Å². The molecular weight excluding hydrogens is 328 g/mol. The van der Waals surface area contributed by atoms with Crippen molar-refractivity contribution in [3.8, 4) is 0 Å². The SMILES string of the molecule is OC(COCc1ccccc1)CN1CCCC1c1nnc2ccccn12. The molecule has 0 radical (unpaired) electrons. The van der Waals surface area contributed by atoms with Gasteiger partial charge in [0.15, 0.2) is 11.5 Å². The molecule has 0 aliphatic carbocycles. The largest absolute Gasteiger partial charge is 0.389 e. The lowest BCUT2D eigenvalue weighted by Gasteiger charge is -2.25. The van der Waals surface area contributed by atoms with Gasteiger partial charge in [-0.25, -0.2) is 0 Å². The summed E-state index contributed by atoms with van der Waals surface area (Å²) in [6, 6.07) is 16.1. The van der Waals surface area contributed by atoms with Crippen molar-refractivity contribution in [3.63, 3.8) is 0 Å². The standard InChI is InChI=1S/C20H24N4O2/c25-17(15-26-14-16-7-2-1-3-8-16)13-23-11-6-9-18(23)20-22-21-19-10-4-5-12-24(19)20/h1-5,7-8,10,12,17-18,25H,6,9,11,13-15H2. The Labute approximate surface area is 153 Å². The summed E-state index contributed by atoms with van der Waals surface area (Å²) in [7, 11) is 0. The monoisotopic (exact) mass is 352 g/mol. The molecule has 1 aromatic carbocycles. The van der Waals surface area contributed by atoms with Crippen LogP contribution < -0.4 is 0 Å². The van der Waals surface area contributed by atoms with Gasteiger partial charge in [-0.3, -0.25) is 9.30 Å². The Hall–Kier alpha value is -2.28. The van der Waals surface area contributed by atoms with Crippen molar-refractivity contribution < 1.29 is 9.84 Å². The van der Waals surface area contributed by atoms with Crippen molar-refractivity contribution in [2.75, 3.05) is 19.7 Å². The van der Waals surface area contributed by atoms with Gasteiger partial charge in [-0.05, 0) is 37.1 Å². The number of rotatable bonds is 7. The molecule has 2 unspecified atom stereocenters. The fraction of sp³-hybridized carbons (Fsp3) is 0.400. The van der Waals surface area contributed by atoms with Crippen LogP contribution in [0, 0.1) is 0 Å². The average Bonchev–Trinajstić information content (AvgIpc) is 3.29. The Morgan fingerprint density at radius 2 is 1.96 bits per heavy atom. The zero-order valence-corrected chi connectivity index (χ0v) is 14.7. The molecule has 1 aliphatic heterocycles. The third-order valence-corrected chi connectivity index (χ3v) is 4.87. The highest BCUT2D eigenvalue weighted by Crippen LogP contribution is 2.31. The van der Waals surface area contributed by atoms with E-state index < -0.39 is 6.10 Å². The maximum atomic E-state index is 10.4. The highest BCUT2D eigenvalue weighted by atomic mass is 16.5. The Kier molecular flexibility index (Phi) is 5.24. The van der Waals surface area contributed by atoms with Crippen LogP contribution in [0.1, 0.15) is 30.3 Å². The molecule has 0 amide bonds. The number of likely N-dealkylation sites (tertiary alicyclic amines) is 1. The fourth-order valence-corrected chi connectivity index (χ4v) is 3.63. The summed E-state index contributed by atoms with van der Waals surface area (Å²) in [5.41, 5.74) is 1.98. The summed E-state index contributed by atoms with van der Waals surface area (Å²) in [5.74, 6) is 0.954. The molecule has 3 aromatic rings. The van der Waals surface area contributed by atoms with E-state index in [-0.39, 0.29) is 6.04 Å². The highest BCUT2D eigenvalue weighted by molar-refractivity contribution is 5.37. The number of aliphatic hydroxyl groups excluding tert-OH is 1. The molecule has 1 saturated heterocycles. The Bertz CT molecular complexity index is 836. The predicted octanol–water partition coefficient (Wildman–Crippen LogP) is 2.44. The van der Waals surface area contributed by atoms with Crippen molar-refractivity contribution in [2.24, 2.45) is 0 Å². The van der Waals surface area contributed by atoms with E-state index in [1.54, 1.807) is 0 Å². The van der Waals surface area contributed by atoms with Gasteiger partial charge in [-0.1, -0.05) is 36.4 Å². The molecule has 0 saturated carbocycles. The lowest BCUT2D eigenvalue weighted by atomic mass is 10.2. The van der Waals surface area contributed by atoms with Gasteiger partial charge in [0.2, 0.25) is 0 Å². The Morgan fingerprint density at radius 1 is 1.12 bits per heavy atom. The number of ether oxygens (including phenoxy) is 1. The number of fused-ring (bicyclic) bond motifs is 1. The zero-order chi connectivity index (χ0) is 17.8. The van der Waals surface area contributed by atoms with Crippen LogP contribution in [0.2, 0.25) is 0 Å². The topological polar surface area (TPSA) is 62.9 Å². The average molecular weight is 352 g/mol. The predicted molar refractivity (Wildman–Crippen MR) is 98.6 cm³/mol. The first-order chi connectivity index (χ1) is 12.8. The van der Waals surface area contributed by atoms with Crippen LogP contribution in [0.5, 0.6) is 0 Å². The molecule has 26 heavy (non-hydrogen) atoms. The summed E-state index contributed by atoms with van der Waals surface area (Å²) in [4.78, 5) is 2.29. The van der Waals surface area contributed by atoms with Crippen LogP contribution in [0.3, 0.4) is 0 Å². The number of β-amino-alcohol motifs (C(OH)–C–C–N with tert-alkyl or cyclic N) is 1. The second-order valence-electron chi connectivity index (χ2n) is 6.79. The zero-order valence-electron chi connectivity index (χ0n) is 14.7. The van der Waals surface area contributed by atoms with E-state index in [1.807, 2.05) is 59.1 Å². The van der Waals surface area contributed by atoms with Gasteiger partial charge in [0, 0.05) is 12.7 Å². The summed E-state index contributed by atoms with van der Waals surface area (Å²) < 4.78 is 7.72. The van der Waals surface area contributed by atoms with E-state index in [0.717, 1.165) is 36.4 Å². The number of aromatic nitrogens is 3. The number of hydrogen-bond donors (Lipinski definition) is 1. The summed E-state index contributed by atoms with van der Waals surface area (Å²) in [5, 5.41) is 19.1. The number of pyridine rings is 1. The maximum Gasteiger partial charge on any atom is 0.160 e.